The van der Waals surface area contributed by atoms with Crippen molar-refractivity contribution in [3.05, 3.63) is 234 Å². The molecule has 0 saturated heterocycles. The minimum absolute atomic E-state index is 0.0197. The molecule has 0 radical (unpaired) electrons. The van der Waals surface area contributed by atoms with Gasteiger partial charge in [0, 0.05) is 5.56 Å². The van der Waals surface area contributed by atoms with Gasteiger partial charge in [0.1, 0.15) is 23.3 Å². The van der Waals surface area contributed by atoms with Crippen molar-refractivity contribution >= 4 is 0 Å². The standard InChI is InChI=1S/C16H14F2.2C16H15F.C16H16/c1-9-3-5-12-11(7-9)4-6-13-14(12)8-15(17)10(2)16(13)18;1-10-3-6-13-12(9-10)5-8-15-14(13)7-4-11(2)16(15)17;1-10-3-6-14-12(7-10)4-5-13-8-11(2)16(17)9-15(13)14;1-11-3-7-15-13(9-11)5-6-14-10-12(2)4-8-16(14)15/h3,5,7-8H,4,6H2,1-2H3;3-4,6-7,9H,5,8H2,1-2H3;3,6-9H,4-5H2,1-2H3;3-4,7-10H,5-6H2,1-2H3. The van der Waals surface area contributed by atoms with Crippen molar-refractivity contribution in [2.45, 2.75) is 107 Å². The highest BCUT2D eigenvalue weighted by molar-refractivity contribution is 5.77. The molecule has 4 aliphatic carbocycles. The van der Waals surface area contributed by atoms with Gasteiger partial charge in [0.15, 0.2) is 0 Å². The van der Waals surface area contributed by atoms with Crippen LogP contribution in [-0.4, -0.2) is 0 Å². The largest absolute Gasteiger partial charge is 0.207 e. The molecule has 8 aromatic carbocycles. The highest BCUT2D eigenvalue weighted by Crippen LogP contribution is 2.40. The summed E-state index contributed by atoms with van der Waals surface area (Å²) in [4.78, 5) is 0. The summed E-state index contributed by atoms with van der Waals surface area (Å²) >= 11 is 0. The average molecular weight is 905 g/mol. The Morgan fingerprint density at radius 3 is 1.03 bits per heavy atom. The Kier molecular flexibility index (Phi) is 13.2. The lowest BCUT2D eigenvalue weighted by Gasteiger charge is -2.22. The van der Waals surface area contributed by atoms with Gasteiger partial charge in [-0.2, -0.15) is 0 Å². The predicted molar refractivity (Wildman–Crippen MR) is 275 cm³/mol. The van der Waals surface area contributed by atoms with Crippen LogP contribution in [0.1, 0.15) is 89.0 Å². The minimum atomic E-state index is -0.459. The summed E-state index contributed by atoms with van der Waals surface area (Å²) in [7, 11) is 0. The fraction of sp³-hybridized carbons (Fsp3) is 0.250. The van der Waals surface area contributed by atoms with Gasteiger partial charge < -0.3 is 0 Å². The highest BCUT2D eigenvalue weighted by Gasteiger charge is 2.24. The second kappa shape index (κ2) is 19.2. The van der Waals surface area contributed by atoms with E-state index in [4.69, 9.17) is 0 Å². The first-order valence-corrected chi connectivity index (χ1v) is 24.2. The lowest BCUT2D eigenvalue weighted by atomic mass is 9.83. The Labute approximate surface area is 400 Å². The van der Waals surface area contributed by atoms with Crippen LogP contribution in [0.2, 0.25) is 0 Å². The van der Waals surface area contributed by atoms with E-state index in [2.05, 4.69) is 113 Å². The normalized spacial score (nSPS) is 13.1. The number of aryl methyl sites for hydroxylation is 13. The molecule has 0 spiro atoms. The van der Waals surface area contributed by atoms with Gasteiger partial charge in [0.25, 0.3) is 0 Å². The van der Waals surface area contributed by atoms with Crippen molar-refractivity contribution in [2.24, 2.45) is 0 Å². The van der Waals surface area contributed by atoms with Crippen LogP contribution in [0.25, 0.3) is 44.5 Å². The van der Waals surface area contributed by atoms with E-state index >= 15 is 0 Å². The molecule has 0 amide bonds. The highest BCUT2D eigenvalue weighted by atomic mass is 19.1. The van der Waals surface area contributed by atoms with Gasteiger partial charge in [0.05, 0.1) is 0 Å². The predicted octanol–water partition coefficient (Wildman–Crippen LogP) is 16.8. The number of hydrogen-bond donors (Lipinski definition) is 0. The fourth-order valence-corrected chi connectivity index (χ4v) is 10.7. The number of halogens is 4. The van der Waals surface area contributed by atoms with Crippen LogP contribution in [0.4, 0.5) is 17.6 Å². The van der Waals surface area contributed by atoms with Gasteiger partial charge in [-0.3, -0.25) is 0 Å². The second-order valence-corrected chi connectivity index (χ2v) is 19.6. The van der Waals surface area contributed by atoms with Gasteiger partial charge in [-0.25, -0.2) is 17.6 Å². The number of fused-ring (bicyclic) bond motifs is 12. The summed E-state index contributed by atoms with van der Waals surface area (Å²) in [6.07, 6.45) is 7.71. The number of benzene rings is 8. The third-order valence-electron chi connectivity index (χ3n) is 14.4. The molecule has 0 fully saturated rings. The summed E-state index contributed by atoms with van der Waals surface area (Å²) in [5.74, 6) is -0.957. The number of rotatable bonds is 0. The molecule has 0 aromatic heterocycles. The van der Waals surface area contributed by atoms with Crippen molar-refractivity contribution in [2.75, 3.05) is 0 Å². The molecule has 0 heterocycles. The van der Waals surface area contributed by atoms with Crippen molar-refractivity contribution in [1.29, 1.82) is 0 Å². The molecule has 8 aromatic rings. The Morgan fingerprint density at radius 1 is 0.265 bits per heavy atom. The zero-order valence-corrected chi connectivity index (χ0v) is 40.7. The molecule has 68 heavy (non-hydrogen) atoms. The van der Waals surface area contributed by atoms with Crippen molar-refractivity contribution in [3.8, 4) is 44.5 Å². The van der Waals surface area contributed by atoms with Crippen LogP contribution < -0.4 is 0 Å². The quantitative estimate of drug-likeness (QED) is 0.133. The summed E-state index contributed by atoms with van der Waals surface area (Å²) in [6.45, 7) is 15.7. The third kappa shape index (κ3) is 9.35. The summed E-state index contributed by atoms with van der Waals surface area (Å²) in [5, 5.41) is 0. The van der Waals surface area contributed by atoms with Crippen LogP contribution >= 0.6 is 0 Å². The first-order chi connectivity index (χ1) is 32.6. The van der Waals surface area contributed by atoms with Gasteiger partial charge in [-0.15, -0.1) is 0 Å². The maximum Gasteiger partial charge on any atom is 0.132 e. The van der Waals surface area contributed by atoms with E-state index in [0.717, 1.165) is 71.0 Å². The van der Waals surface area contributed by atoms with Crippen molar-refractivity contribution in [3.63, 3.8) is 0 Å². The van der Waals surface area contributed by atoms with Crippen molar-refractivity contribution in [1.82, 2.24) is 0 Å². The lowest BCUT2D eigenvalue weighted by molar-refractivity contribution is 0.556. The van der Waals surface area contributed by atoms with E-state index in [1.165, 1.54) is 109 Å². The summed E-state index contributed by atoms with van der Waals surface area (Å²) in [5.41, 5.74) is 27.0. The molecule has 4 aliphatic rings. The van der Waals surface area contributed by atoms with E-state index in [9.17, 15) is 17.6 Å². The molecule has 0 unspecified atom stereocenters. The van der Waals surface area contributed by atoms with Gasteiger partial charge >= 0.3 is 0 Å². The van der Waals surface area contributed by atoms with Crippen LogP contribution in [0.5, 0.6) is 0 Å². The Morgan fingerprint density at radius 2 is 0.588 bits per heavy atom. The maximum absolute atomic E-state index is 14.1. The molecule has 0 bridgehead atoms. The van der Waals surface area contributed by atoms with Gasteiger partial charge in [-0.1, -0.05) is 137 Å². The van der Waals surface area contributed by atoms with Gasteiger partial charge in [-0.05, 0) is 219 Å². The van der Waals surface area contributed by atoms with Crippen LogP contribution in [0.15, 0.2) is 121 Å². The second-order valence-electron chi connectivity index (χ2n) is 19.6. The minimum Gasteiger partial charge on any atom is -0.207 e. The molecule has 0 nitrogen and oxygen atoms in total. The van der Waals surface area contributed by atoms with Gasteiger partial charge in [0.2, 0.25) is 0 Å². The summed E-state index contributed by atoms with van der Waals surface area (Å²) in [6, 6.07) is 41.7. The molecule has 12 rings (SSSR count). The molecular weight excluding hydrogens is 845 g/mol. The number of hydrogen-bond acceptors (Lipinski definition) is 0. The molecule has 344 valence electrons. The average Bonchev–Trinajstić information content (AvgIpc) is 3.32. The van der Waals surface area contributed by atoms with Crippen molar-refractivity contribution < 1.29 is 17.6 Å². The molecule has 4 heteroatoms. The molecule has 0 N–H and O–H groups in total. The first-order valence-electron chi connectivity index (χ1n) is 24.2. The van der Waals surface area contributed by atoms with Crippen LogP contribution in [0.3, 0.4) is 0 Å². The Hall–Kier alpha value is -6.52. The molecule has 0 aliphatic heterocycles. The van der Waals surface area contributed by atoms with E-state index in [1.54, 1.807) is 6.07 Å². The van der Waals surface area contributed by atoms with Crippen LogP contribution in [0, 0.1) is 78.7 Å². The Bertz CT molecular complexity index is 3160. The maximum atomic E-state index is 14.1. The summed E-state index contributed by atoms with van der Waals surface area (Å²) < 4.78 is 55.5. The third-order valence-corrected chi connectivity index (χ3v) is 14.4. The fourth-order valence-electron chi connectivity index (χ4n) is 10.7. The monoisotopic (exact) mass is 904 g/mol. The molecule has 0 atom stereocenters. The SMILES string of the molecule is Cc1ccc2c(c1)CCc1c-2cc(F)c(C)c1F.Cc1ccc2c(c1)CCc1c-2ccc(C)c1F.Cc1ccc2c(c1)CCc1cc(C)c(F)cc1-2.Cc1ccc2c(c1)CCc1cc(C)ccc1-2. The smallest absolute Gasteiger partial charge is 0.132 e. The zero-order chi connectivity index (χ0) is 48.0. The molecular formula is C64H60F4. The van der Waals surface area contributed by atoms with E-state index in [1.807, 2.05) is 45.0 Å². The first kappa shape index (κ1) is 46.6. The topological polar surface area (TPSA) is 0 Å². The van der Waals surface area contributed by atoms with E-state index < -0.39 is 5.82 Å². The van der Waals surface area contributed by atoms with Crippen LogP contribution in [-0.2, 0) is 51.4 Å². The lowest BCUT2D eigenvalue weighted by Crippen LogP contribution is -2.09. The van der Waals surface area contributed by atoms with E-state index in [0.29, 0.717) is 12.0 Å². The Balaban J connectivity index is 0.000000113. The van der Waals surface area contributed by atoms with E-state index in [-0.39, 0.29) is 23.0 Å². The zero-order valence-electron chi connectivity index (χ0n) is 40.7. The molecule has 0 saturated carbocycles.